The molecule has 2 aromatic rings. The molecule has 6 nitrogen and oxygen atoms in total. The lowest BCUT2D eigenvalue weighted by Gasteiger charge is -2.11. The van der Waals surface area contributed by atoms with Crippen LogP contribution in [0.3, 0.4) is 0 Å². The Bertz CT molecular complexity index is 703. The summed E-state index contributed by atoms with van der Waals surface area (Å²) in [7, 11) is 0. The second-order valence-corrected chi connectivity index (χ2v) is 3.91. The molecule has 0 bridgehead atoms. The maximum absolute atomic E-state index is 13.6. The van der Waals surface area contributed by atoms with Gasteiger partial charge in [0.25, 0.3) is 0 Å². The number of aromatic nitrogens is 4. The van der Waals surface area contributed by atoms with E-state index in [1.165, 1.54) is 0 Å². The van der Waals surface area contributed by atoms with E-state index in [0.717, 1.165) is 6.92 Å². The molecule has 0 aliphatic carbocycles. The number of carboxylic acids is 1. The lowest BCUT2D eigenvalue weighted by atomic mass is 10.1. The predicted octanol–water partition coefficient (Wildman–Crippen LogP) is 1.68. The zero-order chi connectivity index (χ0) is 15.9. The third kappa shape index (κ3) is 2.19. The van der Waals surface area contributed by atoms with E-state index in [-0.39, 0.29) is 0 Å². The van der Waals surface area contributed by atoms with Crippen LogP contribution in [0.15, 0.2) is 0 Å². The van der Waals surface area contributed by atoms with E-state index < -0.39 is 52.5 Å². The number of benzene rings is 1. The Balaban J connectivity index is 2.75. The van der Waals surface area contributed by atoms with Crippen molar-refractivity contribution < 1.29 is 31.9 Å². The first-order chi connectivity index (χ1) is 9.77. The summed E-state index contributed by atoms with van der Waals surface area (Å²) in [6.07, 6.45) is 0. The molecule has 0 aliphatic rings. The molecule has 0 saturated heterocycles. The second kappa shape index (κ2) is 5.07. The molecule has 11 heteroatoms. The topological polar surface area (TPSA) is 80.9 Å². The molecule has 1 heterocycles. The van der Waals surface area contributed by atoms with Gasteiger partial charge in [-0.3, -0.25) is 0 Å². The molecule has 0 fully saturated rings. The van der Waals surface area contributed by atoms with Crippen molar-refractivity contribution in [3.05, 3.63) is 29.1 Å². The van der Waals surface area contributed by atoms with Crippen LogP contribution in [0.1, 0.15) is 13.0 Å². The van der Waals surface area contributed by atoms with Crippen LogP contribution >= 0.6 is 0 Å². The van der Waals surface area contributed by atoms with Gasteiger partial charge in [0, 0.05) is 0 Å². The number of hydrogen-bond donors (Lipinski definition) is 1. The first kappa shape index (κ1) is 14.8. The normalized spacial score (nSPS) is 12.5. The number of carbonyl (C=O) groups is 1. The second-order valence-electron chi connectivity index (χ2n) is 3.91. The predicted molar refractivity (Wildman–Crippen MR) is 55.4 cm³/mol. The largest absolute Gasteiger partial charge is 0.480 e. The molecule has 1 aromatic carbocycles. The smallest absolute Gasteiger partial charge is 0.328 e. The van der Waals surface area contributed by atoms with Gasteiger partial charge in [-0.15, -0.1) is 5.10 Å². The monoisotopic (exact) mass is 308 g/mol. The van der Waals surface area contributed by atoms with Gasteiger partial charge in [-0.2, -0.15) is 0 Å². The number of rotatable bonds is 3. The SMILES string of the molecule is CC(C(=O)O)n1nnnc1-c1c(F)c(F)c(F)c(F)c1F. The molecule has 1 aromatic heterocycles. The van der Waals surface area contributed by atoms with E-state index in [2.05, 4.69) is 15.5 Å². The van der Waals surface area contributed by atoms with Gasteiger partial charge in [0.15, 0.2) is 35.1 Å². The average molecular weight is 308 g/mol. The van der Waals surface area contributed by atoms with E-state index in [0.29, 0.717) is 4.68 Å². The van der Waals surface area contributed by atoms with Crippen molar-refractivity contribution in [3.8, 4) is 11.4 Å². The maximum Gasteiger partial charge on any atom is 0.328 e. The fourth-order valence-electron chi connectivity index (χ4n) is 1.52. The average Bonchev–Trinajstić information content (AvgIpc) is 2.91. The highest BCUT2D eigenvalue weighted by atomic mass is 19.2. The third-order valence-electron chi connectivity index (χ3n) is 2.65. The van der Waals surface area contributed by atoms with Gasteiger partial charge in [-0.1, -0.05) is 0 Å². The fourth-order valence-corrected chi connectivity index (χ4v) is 1.52. The summed E-state index contributed by atoms with van der Waals surface area (Å²) in [5.74, 6) is -13.4. The molecule has 0 amide bonds. The molecule has 21 heavy (non-hydrogen) atoms. The summed E-state index contributed by atoms with van der Waals surface area (Å²) in [6.45, 7) is 1.06. The number of halogens is 5. The van der Waals surface area contributed by atoms with Crippen molar-refractivity contribution in [2.75, 3.05) is 0 Å². The van der Waals surface area contributed by atoms with Crippen molar-refractivity contribution in [3.63, 3.8) is 0 Å². The fraction of sp³-hybridized carbons (Fsp3) is 0.200. The van der Waals surface area contributed by atoms with Crippen LogP contribution in [0.25, 0.3) is 11.4 Å². The van der Waals surface area contributed by atoms with E-state index in [1.807, 2.05) is 0 Å². The number of nitrogens with zero attached hydrogens (tertiary/aromatic N) is 4. The van der Waals surface area contributed by atoms with Crippen molar-refractivity contribution in [1.82, 2.24) is 20.2 Å². The van der Waals surface area contributed by atoms with Gasteiger partial charge in [0.05, 0.1) is 5.56 Å². The van der Waals surface area contributed by atoms with Crippen molar-refractivity contribution in [2.24, 2.45) is 0 Å². The van der Waals surface area contributed by atoms with Crippen LogP contribution in [0.5, 0.6) is 0 Å². The van der Waals surface area contributed by atoms with Gasteiger partial charge >= 0.3 is 5.97 Å². The summed E-state index contributed by atoms with van der Waals surface area (Å²) in [6, 6.07) is -1.48. The molecule has 0 spiro atoms. The van der Waals surface area contributed by atoms with Crippen molar-refractivity contribution >= 4 is 5.97 Å². The molecule has 112 valence electrons. The highest BCUT2D eigenvalue weighted by molar-refractivity contribution is 5.72. The third-order valence-corrected chi connectivity index (χ3v) is 2.65. The maximum atomic E-state index is 13.6. The molecular formula is C10H5F5N4O2. The Hall–Kier alpha value is -2.59. The van der Waals surface area contributed by atoms with Crippen LogP contribution in [0.2, 0.25) is 0 Å². The Kier molecular flexibility index (Phi) is 3.58. The standard InChI is InChI=1S/C10H5F5N4O2/c1-2(10(20)21)19-9(16-17-18-19)3-4(11)6(13)8(15)7(14)5(3)12/h2H,1H3,(H,20,21). The van der Waals surface area contributed by atoms with E-state index in [4.69, 9.17) is 5.11 Å². The molecular weight excluding hydrogens is 303 g/mol. The van der Waals surface area contributed by atoms with Gasteiger partial charge in [0.1, 0.15) is 0 Å². The van der Waals surface area contributed by atoms with Gasteiger partial charge in [-0.25, -0.2) is 31.4 Å². The Labute approximate surface area is 112 Å². The van der Waals surface area contributed by atoms with E-state index in [9.17, 15) is 26.7 Å². The lowest BCUT2D eigenvalue weighted by Crippen LogP contribution is -2.19. The summed E-state index contributed by atoms with van der Waals surface area (Å²) in [5, 5.41) is 18.1. The van der Waals surface area contributed by atoms with Gasteiger partial charge in [0.2, 0.25) is 5.82 Å². The summed E-state index contributed by atoms with van der Waals surface area (Å²) in [4.78, 5) is 10.8. The van der Waals surface area contributed by atoms with Crippen LogP contribution in [-0.2, 0) is 4.79 Å². The number of carboxylic acid groups (broad SMARTS) is 1. The highest BCUT2D eigenvalue weighted by Gasteiger charge is 2.31. The van der Waals surface area contributed by atoms with E-state index in [1.54, 1.807) is 0 Å². The van der Waals surface area contributed by atoms with Crippen LogP contribution in [0.4, 0.5) is 22.0 Å². The Morgan fingerprint density at radius 1 is 1.05 bits per heavy atom. The summed E-state index contributed by atoms with van der Waals surface area (Å²) < 4.78 is 66.9. The number of hydrogen-bond acceptors (Lipinski definition) is 4. The summed E-state index contributed by atoms with van der Waals surface area (Å²) in [5.41, 5.74) is -1.40. The lowest BCUT2D eigenvalue weighted by molar-refractivity contribution is -0.140. The zero-order valence-electron chi connectivity index (χ0n) is 10.1. The minimum absolute atomic E-state index is 0.431. The first-order valence-corrected chi connectivity index (χ1v) is 5.29. The van der Waals surface area contributed by atoms with Gasteiger partial charge in [-0.05, 0) is 17.4 Å². The zero-order valence-corrected chi connectivity index (χ0v) is 10.1. The number of tetrazole rings is 1. The first-order valence-electron chi connectivity index (χ1n) is 5.29. The number of aliphatic carboxylic acids is 1. The molecule has 2 rings (SSSR count). The molecule has 1 unspecified atom stereocenters. The quantitative estimate of drug-likeness (QED) is 0.530. The molecule has 0 radical (unpaired) electrons. The molecule has 1 N–H and O–H groups in total. The minimum atomic E-state index is -2.33. The van der Waals surface area contributed by atoms with Crippen molar-refractivity contribution in [1.29, 1.82) is 0 Å². The van der Waals surface area contributed by atoms with E-state index >= 15 is 0 Å². The molecule has 0 saturated carbocycles. The van der Waals surface area contributed by atoms with Crippen LogP contribution in [-0.4, -0.2) is 31.3 Å². The minimum Gasteiger partial charge on any atom is -0.480 e. The molecule has 0 aliphatic heterocycles. The highest BCUT2D eigenvalue weighted by Crippen LogP contribution is 2.30. The molecule has 1 atom stereocenters. The van der Waals surface area contributed by atoms with Gasteiger partial charge < -0.3 is 5.11 Å². The Morgan fingerprint density at radius 3 is 2.00 bits per heavy atom. The Morgan fingerprint density at radius 2 is 1.52 bits per heavy atom. The van der Waals surface area contributed by atoms with Crippen LogP contribution in [0, 0.1) is 29.1 Å². The van der Waals surface area contributed by atoms with Crippen LogP contribution < -0.4 is 0 Å². The summed E-state index contributed by atoms with van der Waals surface area (Å²) >= 11 is 0. The van der Waals surface area contributed by atoms with Crippen molar-refractivity contribution in [2.45, 2.75) is 13.0 Å².